The average molecular weight is 434 g/mol. The van der Waals surface area contributed by atoms with Crippen LogP contribution in [0.1, 0.15) is 44.9 Å². The molecule has 1 aromatic heterocycles. The standard InChI is InChI=1S/C26H27NO5/c1-16-9-10-20(24(17(16)2)26(28)29)14-30-21-11-12-22(13-21)31-15-23-18(3)32-25(27-23)19-7-5-4-6-8-19/h4-12,21-22H,13-15H2,1-3H3,(H,28,29)/t21-,22+/m1/s1. The molecule has 0 saturated heterocycles. The van der Waals surface area contributed by atoms with Gasteiger partial charge in [0, 0.05) is 12.0 Å². The normalized spacial score (nSPS) is 17.7. The summed E-state index contributed by atoms with van der Waals surface area (Å²) in [5, 5.41) is 9.58. The Labute approximate surface area is 187 Å². The van der Waals surface area contributed by atoms with Gasteiger partial charge in [0.1, 0.15) is 11.5 Å². The molecule has 0 bridgehead atoms. The van der Waals surface area contributed by atoms with Gasteiger partial charge in [0.05, 0.1) is 31.0 Å². The van der Waals surface area contributed by atoms with E-state index in [2.05, 4.69) is 4.98 Å². The van der Waals surface area contributed by atoms with E-state index < -0.39 is 5.97 Å². The fourth-order valence-corrected chi connectivity index (χ4v) is 3.82. The van der Waals surface area contributed by atoms with Crippen molar-refractivity contribution in [3.8, 4) is 11.5 Å². The van der Waals surface area contributed by atoms with Crippen LogP contribution in [-0.4, -0.2) is 28.3 Å². The monoisotopic (exact) mass is 433 g/mol. The molecule has 2 aromatic carbocycles. The molecule has 6 nitrogen and oxygen atoms in total. The van der Waals surface area contributed by atoms with Crippen LogP contribution in [0, 0.1) is 20.8 Å². The van der Waals surface area contributed by atoms with Gasteiger partial charge in [-0.1, -0.05) is 42.5 Å². The molecule has 0 unspecified atom stereocenters. The molecule has 1 N–H and O–H groups in total. The smallest absolute Gasteiger partial charge is 0.336 e. The predicted octanol–water partition coefficient (Wildman–Crippen LogP) is 5.40. The summed E-state index contributed by atoms with van der Waals surface area (Å²) in [4.78, 5) is 16.3. The summed E-state index contributed by atoms with van der Waals surface area (Å²) in [6.45, 7) is 6.22. The van der Waals surface area contributed by atoms with Crippen LogP contribution in [0.15, 0.2) is 59.0 Å². The lowest BCUT2D eigenvalue weighted by molar-refractivity contribution is 0.0184. The number of carboxylic acid groups (broad SMARTS) is 1. The number of aromatic nitrogens is 1. The van der Waals surface area contributed by atoms with E-state index in [0.717, 1.165) is 28.1 Å². The number of nitrogens with zero attached hydrogens (tertiary/aromatic N) is 1. The van der Waals surface area contributed by atoms with Crippen molar-refractivity contribution in [1.29, 1.82) is 0 Å². The number of oxazole rings is 1. The van der Waals surface area contributed by atoms with Gasteiger partial charge in [-0.15, -0.1) is 0 Å². The fraction of sp³-hybridized carbons (Fsp3) is 0.308. The number of carbonyl (C=O) groups is 1. The second-order valence-corrected chi connectivity index (χ2v) is 8.05. The molecule has 0 amide bonds. The van der Waals surface area contributed by atoms with Gasteiger partial charge in [0.25, 0.3) is 0 Å². The number of hydrogen-bond acceptors (Lipinski definition) is 5. The molecule has 0 fully saturated rings. The van der Waals surface area contributed by atoms with Gasteiger partial charge in [-0.3, -0.25) is 0 Å². The maximum atomic E-state index is 11.7. The van der Waals surface area contributed by atoms with Crippen LogP contribution in [0.3, 0.4) is 0 Å². The van der Waals surface area contributed by atoms with Crippen molar-refractivity contribution in [3.63, 3.8) is 0 Å². The predicted molar refractivity (Wildman–Crippen MR) is 120 cm³/mol. The SMILES string of the molecule is Cc1ccc(CO[C@@H]2C=C[C@H](OCc3nc(-c4ccccc4)oc3C)C2)c(C(=O)O)c1C. The summed E-state index contributed by atoms with van der Waals surface area (Å²) in [6.07, 6.45) is 4.42. The highest BCUT2D eigenvalue weighted by molar-refractivity contribution is 5.91. The minimum Gasteiger partial charge on any atom is -0.478 e. The number of carboxylic acids is 1. The summed E-state index contributed by atoms with van der Waals surface area (Å²) >= 11 is 0. The zero-order valence-electron chi connectivity index (χ0n) is 18.5. The third-order valence-electron chi connectivity index (χ3n) is 5.84. The molecular formula is C26H27NO5. The van der Waals surface area contributed by atoms with Crippen molar-refractivity contribution in [2.24, 2.45) is 0 Å². The van der Waals surface area contributed by atoms with Crippen LogP contribution in [0.25, 0.3) is 11.5 Å². The molecule has 0 aliphatic heterocycles. The van der Waals surface area contributed by atoms with Crippen LogP contribution in [0.4, 0.5) is 0 Å². The molecule has 0 spiro atoms. The van der Waals surface area contributed by atoms with Crippen molar-refractivity contribution < 1.29 is 23.8 Å². The molecular weight excluding hydrogens is 406 g/mol. The molecule has 32 heavy (non-hydrogen) atoms. The second kappa shape index (κ2) is 9.51. The number of aromatic carboxylic acids is 1. The Morgan fingerprint density at radius 2 is 1.72 bits per heavy atom. The molecule has 6 heteroatoms. The van der Waals surface area contributed by atoms with Crippen molar-refractivity contribution in [2.75, 3.05) is 0 Å². The summed E-state index contributed by atoms with van der Waals surface area (Å²) in [6, 6.07) is 13.5. The summed E-state index contributed by atoms with van der Waals surface area (Å²) in [7, 11) is 0. The Kier molecular flexibility index (Phi) is 6.53. The van der Waals surface area contributed by atoms with Crippen molar-refractivity contribution in [1.82, 2.24) is 4.98 Å². The second-order valence-electron chi connectivity index (χ2n) is 8.05. The van der Waals surface area contributed by atoms with Crippen molar-refractivity contribution in [3.05, 3.63) is 88.3 Å². The van der Waals surface area contributed by atoms with E-state index in [1.54, 1.807) is 0 Å². The number of benzene rings is 2. The van der Waals surface area contributed by atoms with E-state index in [0.29, 0.717) is 30.0 Å². The topological polar surface area (TPSA) is 81.8 Å². The van der Waals surface area contributed by atoms with Gasteiger partial charge >= 0.3 is 5.97 Å². The number of aryl methyl sites for hydroxylation is 2. The lowest BCUT2D eigenvalue weighted by Crippen LogP contribution is -2.16. The molecule has 1 aliphatic carbocycles. The van der Waals surface area contributed by atoms with Crippen molar-refractivity contribution >= 4 is 5.97 Å². The maximum Gasteiger partial charge on any atom is 0.336 e. The van der Waals surface area contributed by atoms with Crippen LogP contribution in [0.5, 0.6) is 0 Å². The van der Waals surface area contributed by atoms with E-state index in [9.17, 15) is 9.90 Å². The highest BCUT2D eigenvalue weighted by Gasteiger charge is 2.23. The average Bonchev–Trinajstić information content (AvgIpc) is 3.39. The van der Waals surface area contributed by atoms with Gasteiger partial charge in [-0.2, -0.15) is 0 Å². The zero-order chi connectivity index (χ0) is 22.7. The van der Waals surface area contributed by atoms with Crippen LogP contribution >= 0.6 is 0 Å². The minimum absolute atomic E-state index is 0.0880. The molecule has 3 aromatic rings. The maximum absolute atomic E-state index is 11.7. The fourth-order valence-electron chi connectivity index (χ4n) is 3.82. The summed E-state index contributed by atoms with van der Waals surface area (Å²) < 4.78 is 17.8. The highest BCUT2D eigenvalue weighted by Crippen LogP contribution is 2.25. The Morgan fingerprint density at radius 1 is 1.03 bits per heavy atom. The minimum atomic E-state index is -0.925. The molecule has 0 radical (unpaired) electrons. The summed E-state index contributed by atoms with van der Waals surface area (Å²) in [5.74, 6) is 0.410. The number of ether oxygens (including phenoxy) is 2. The highest BCUT2D eigenvalue weighted by atomic mass is 16.5. The Balaban J connectivity index is 1.31. The van der Waals surface area contributed by atoms with Crippen LogP contribution in [0.2, 0.25) is 0 Å². The van der Waals surface area contributed by atoms with Gasteiger partial charge in [0.2, 0.25) is 5.89 Å². The molecule has 1 aliphatic rings. The van der Waals surface area contributed by atoms with E-state index in [1.807, 2.05) is 75.4 Å². The number of rotatable bonds is 8. The van der Waals surface area contributed by atoms with Gasteiger partial charge in [0.15, 0.2) is 0 Å². The van der Waals surface area contributed by atoms with Gasteiger partial charge in [-0.05, 0) is 49.6 Å². The van der Waals surface area contributed by atoms with E-state index >= 15 is 0 Å². The third kappa shape index (κ3) is 4.82. The largest absolute Gasteiger partial charge is 0.478 e. The van der Waals surface area contributed by atoms with E-state index in [1.165, 1.54) is 0 Å². The molecule has 2 atom stereocenters. The molecule has 4 rings (SSSR count). The molecule has 1 heterocycles. The lowest BCUT2D eigenvalue weighted by Gasteiger charge is -2.16. The Morgan fingerprint density at radius 3 is 2.41 bits per heavy atom. The third-order valence-corrected chi connectivity index (χ3v) is 5.84. The first-order chi connectivity index (χ1) is 15.4. The van der Waals surface area contributed by atoms with E-state index in [-0.39, 0.29) is 18.8 Å². The van der Waals surface area contributed by atoms with Gasteiger partial charge in [-0.25, -0.2) is 9.78 Å². The first-order valence-corrected chi connectivity index (χ1v) is 10.7. The first kappa shape index (κ1) is 22.0. The summed E-state index contributed by atoms with van der Waals surface area (Å²) in [5.41, 5.74) is 4.46. The Hall–Kier alpha value is -3.22. The van der Waals surface area contributed by atoms with Crippen LogP contribution < -0.4 is 0 Å². The van der Waals surface area contributed by atoms with E-state index in [4.69, 9.17) is 13.9 Å². The lowest BCUT2D eigenvalue weighted by atomic mass is 9.98. The number of hydrogen-bond donors (Lipinski definition) is 1. The quantitative estimate of drug-likeness (QED) is 0.479. The first-order valence-electron chi connectivity index (χ1n) is 10.7. The van der Waals surface area contributed by atoms with Gasteiger partial charge < -0.3 is 19.0 Å². The molecule has 166 valence electrons. The Bertz CT molecular complexity index is 1130. The van der Waals surface area contributed by atoms with Crippen molar-refractivity contribution in [2.45, 2.75) is 52.6 Å². The molecule has 0 saturated carbocycles. The zero-order valence-corrected chi connectivity index (χ0v) is 18.5. The van der Waals surface area contributed by atoms with Crippen LogP contribution in [-0.2, 0) is 22.7 Å².